The molecule has 1 aliphatic heterocycles. The minimum absolute atomic E-state index is 0.571. The van der Waals surface area contributed by atoms with Gasteiger partial charge < -0.3 is 9.73 Å². The van der Waals surface area contributed by atoms with Crippen LogP contribution in [-0.2, 0) is 6.42 Å². The van der Waals surface area contributed by atoms with E-state index < -0.39 is 0 Å². The average Bonchev–Trinajstić information content (AvgIpc) is 2.60. The van der Waals surface area contributed by atoms with Gasteiger partial charge in [-0.1, -0.05) is 0 Å². The number of thioether (sulfide) groups is 1. The molecule has 60 valence electrons. The summed E-state index contributed by atoms with van der Waals surface area (Å²) in [5.41, 5.74) is 0. The van der Waals surface area contributed by atoms with Crippen LogP contribution in [0, 0.1) is 0 Å². The van der Waals surface area contributed by atoms with E-state index in [2.05, 4.69) is 5.32 Å². The lowest BCUT2D eigenvalue weighted by Gasteiger charge is -2.05. The Balaban J connectivity index is 1.90. The normalized spacial score (nSPS) is 24.2. The maximum atomic E-state index is 5.24. The highest BCUT2D eigenvalue weighted by Gasteiger charge is 2.15. The largest absolute Gasteiger partial charge is 0.469 e. The van der Waals surface area contributed by atoms with Crippen molar-refractivity contribution < 1.29 is 4.42 Å². The number of furan rings is 1. The van der Waals surface area contributed by atoms with E-state index in [0.29, 0.717) is 5.37 Å². The molecular weight excluding hydrogens is 158 g/mol. The van der Waals surface area contributed by atoms with Crippen molar-refractivity contribution in [3.05, 3.63) is 24.2 Å². The molecule has 2 heterocycles. The highest BCUT2D eigenvalue weighted by atomic mass is 32.2. The summed E-state index contributed by atoms with van der Waals surface area (Å²) in [6.45, 7) is 1.13. The van der Waals surface area contributed by atoms with Crippen LogP contribution >= 0.6 is 11.8 Å². The summed E-state index contributed by atoms with van der Waals surface area (Å²) < 4.78 is 5.24. The van der Waals surface area contributed by atoms with E-state index in [1.807, 2.05) is 23.9 Å². The molecule has 2 nitrogen and oxygen atoms in total. The Bertz CT molecular complexity index is 204. The van der Waals surface area contributed by atoms with E-state index in [9.17, 15) is 0 Å². The summed E-state index contributed by atoms with van der Waals surface area (Å²) in [6.07, 6.45) is 2.74. The second-order valence-corrected chi connectivity index (χ2v) is 3.91. The Labute approximate surface area is 70.4 Å². The summed E-state index contributed by atoms with van der Waals surface area (Å²) in [5.74, 6) is 2.31. The van der Waals surface area contributed by atoms with Crippen LogP contribution in [-0.4, -0.2) is 17.7 Å². The van der Waals surface area contributed by atoms with Gasteiger partial charge in [0, 0.05) is 18.7 Å². The Morgan fingerprint density at radius 2 is 2.73 bits per heavy atom. The van der Waals surface area contributed by atoms with Gasteiger partial charge in [-0.2, -0.15) is 0 Å². The highest BCUT2D eigenvalue weighted by Crippen LogP contribution is 2.18. The minimum atomic E-state index is 0.571. The van der Waals surface area contributed by atoms with Crippen LogP contribution in [0.3, 0.4) is 0 Å². The SMILES string of the molecule is c1coc(CC2NCCS2)c1. The van der Waals surface area contributed by atoms with Gasteiger partial charge in [0.25, 0.3) is 0 Å². The predicted octanol–water partition coefficient (Wildman–Crippen LogP) is 1.48. The molecule has 1 atom stereocenters. The standard InChI is InChI=1S/C8H11NOS/c1-2-7(10-4-1)6-8-9-3-5-11-8/h1-2,4,8-9H,3,5-6H2. The third kappa shape index (κ3) is 1.79. The maximum Gasteiger partial charge on any atom is 0.106 e. The molecule has 3 heteroatoms. The van der Waals surface area contributed by atoms with Crippen molar-refractivity contribution in [2.75, 3.05) is 12.3 Å². The van der Waals surface area contributed by atoms with Crippen LogP contribution in [0.1, 0.15) is 5.76 Å². The van der Waals surface area contributed by atoms with Crippen LogP contribution < -0.4 is 5.32 Å². The molecule has 11 heavy (non-hydrogen) atoms. The molecule has 2 rings (SSSR count). The molecule has 1 saturated heterocycles. The van der Waals surface area contributed by atoms with Crippen molar-refractivity contribution in [1.29, 1.82) is 0 Å². The first-order valence-corrected chi connectivity index (χ1v) is 4.87. The zero-order chi connectivity index (χ0) is 7.52. The number of hydrogen-bond donors (Lipinski definition) is 1. The van der Waals surface area contributed by atoms with Crippen LogP contribution in [0.25, 0.3) is 0 Å². The number of nitrogens with one attached hydrogen (secondary N) is 1. The monoisotopic (exact) mass is 169 g/mol. The fraction of sp³-hybridized carbons (Fsp3) is 0.500. The molecule has 0 saturated carbocycles. The zero-order valence-electron chi connectivity index (χ0n) is 6.25. The molecule has 0 bridgehead atoms. The summed E-state index contributed by atoms with van der Waals surface area (Å²) in [5, 5.41) is 3.97. The van der Waals surface area contributed by atoms with Crippen molar-refractivity contribution in [3.63, 3.8) is 0 Å². The van der Waals surface area contributed by atoms with Gasteiger partial charge in [-0.25, -0.2) is 0 Å². The average molecular weight is 169 g/mol. The number of hydrogen-bond acceptors (Lipinski definition) is 3. The summed E-state index contributed by atoms with van der Waals surface area (Å²) in [6, 6.07) is 3.97. The van der Waals surface area contributed by atoms with Crippen LogP contribution in [0.5, 0.6) is 0 Å². The van der Waals surface area contributed by atoms with Gasteiger partial charge in [0.05, 0.1) is 11.6 Å². The molecule has 0 spiro atoms. The first-order chi connectivity index (χ1) is 5.45. The van der Waals surface area contributed by atoms with E-state index in [0.717, 1.165) is 18.7 Å². The van der Waals surface area contributed by atoms with Gasteiger partial charge in [-0.15, -0.1) is 11.8 Å². The third-order valence-electron chi connectivity index (χ3n) is 1.76. The fourth-order valence-corrected chi connectivity index (χ4v) is 2.26. The van der Waals surface area contributed by atoms with Crippen molar-refractivity contribution in [2.24, 2.45) is 0 Å². The van der Waals surface area contributed by atoms with E-state index in [-0.39, 0.29) is 0 Å². The molecule has 1 aliphatic rings. The lowest BCUT2D eigenvalue weighted by atomic mass is 10.3. The zero-order valence-corrected chi connectivity index (χ0v) is 7.06. The van der Waals surface area contributed by atoms with E-state index in [1.165, 1.54) is 5.75 Å². The third-order valence-corrected chi connectivity index (χ3v) is 2.94. The Morgan fingerprint density at radius 3 is 3.36 bits per heavy atom. The lowest BCUT2D eigenvalue weighted by Crippen LogP contribution is -2.21. The van der Waals surface area contributed by atoms with Crippen molar-refractivity contribution in [3.8, 4) is 0 Å². The van der Waals surface area contributed by atoms with Crippen LogP contribution in [0.15, 0.2) is 22.8 Å². The molecule has 1 fully saturated rings. The van der Waals surface area contributed by atoms with Gasteiger partial charge >= 0.3 is 0 Å². The summed E-state index contributed by atoms with van der Waals surface area (Å²) in [4.78, 5) is 0. The van der Waals surface area contributed by atoms with E-state index in [4.69, 9.17) is 4.42 Å². The predicted molar refractivity (Wildman–Crippen MR) is 46.7 cm³/mol. The summed E-state index contributed by atoms with van der Waals surface area (Å²) in [7, 11) is 0. The number of rotatable bonds is 2. The molecule has 0 aliphatic carbocycles. The Hall–Kier alpha value is -0.410. The van der Waals surface area contributed by atoms with Gasteiger partial charge in [0.15, 0.2) is 0 Å². The fourth-order valence-electron chi connectivity index (χ4n) is 1.22. The molecule has 0 radical (unpaired) electrons. The minimum Gasteiger partial charge on any atom is -0.469 e. The van der Waals surface area contributed by atoms with Crippen molar-refractivity contribution in [2.45, 2.75) is 11.8 Å². The first-order valence-electron chi connectivity index (χ1n) is 3.82. The van der Waals surface area contributed by atoms with E-state index in [1.54, 1.807) is 6.26 Å². The van der Waals surface area contributed by atoms with Crippen molar-refractivity contribution in [1.82, 2.24) is 5.32 Å². The molecule has 1 aromatic heterocycles. The molecule has 1 aromatic rings. The van der Waals surface area contributed by atoms with Crippen LogP contribution in [0.4, 0.5) is 0 Å². The topological polar surface area (TPSA) is 25.2 Å². The smallest absolute Gasteiger partial charge is 0.106 e. The van der Waals surface area contributed by atoms with E-state index >= 15 is 0 Å². The molecular formula is C8H11NOS. The molecule has 1 unspecified atom stereocenters. The van der Waals surface area contributed by atoms with Crippen LogP contribution in [0.2, 0.25) is 0 Å². The Morgan fingerprint density at radius 1 is 1.73 bits per heavy atom. The van der Waals surface area contributed by atoms with Gasteiger partial charge in [0.2, 0.25) is 0 Å². The highest BCUT2D eigenvalue weighted by molar-refractivity contribution is 8.00. The first kappa shape index (κ1) is 7.25. The van der Waals surface area contributed by atoms with Crippen molar-refractivity contribution >= 4 is 11.8 Å². The molecule has 1 N–H and O–H groups in total. The van der Waals surface area contributed by atoms with Gasteiger partial charge in [-0.3, -0.25) is 0 Å². The molecule has 0 aromatic carbocycles. The maximum absolute atomic E-state index is 5.24. The lowest BCUT2D eigenvalue weighted by molar-refractivity contribution is 0.496. The quantitative estimate of drug-likeness (QED) is 0.726. The molecule has 0 amide bonds. The summed E-state index contributed by atoms with van der Waals surface area (Å²) >= 11 is 1.97. The second-order valence-electron chi connectivity index (χ2n) is 2.60. The van der Waals surface area contributed by atoms with Gasteiger partial charge in [-0.05, 0) is 12.1 Å². The Kier molecular flexibility index (Phi) is 2.19. The van der Waals surface area contributed by atoms with Gasteiger partial charge in [0.1, 0.15) is 5.76 Å². The second kappa shape index (κ2) is 3.32.